The highest BCUT2D eigenvalue weighted by Crippen LogP contribution is 2.33. The van der Waals surface area contributed by atoms with Gasteiger partial charge in [0.15, 0.2) is 5.17 Å². The summed E-state index contributed by atoms with van der Waals surface area (Å²) in [6.07, 6.45) is 6.97. The van der Waals surface area contributed by atoms with Crippen molar-refractivity contribution in [2.24, 2.45) is 4.99 Å². The molecule has 0 aliphatic carbocycles. The van der Waals surface area contributed by atoms with E-state index in [0.29, 0.717) is 10.3 Å². The first-order valence-electron chi connectivity index (χ1n) is 7.09. The molecule has 0 spiro atoms. The Labute approximate surface area is 121 Å². The molecule has 2 nitrogen and oxygen atoms in total. The molecule has 0 saturated carbocycles. The smallest absolute Gasteiger partial charge is 0.157 e. The van der Waals surface area contributed by atoms with Gasteiger partial charge in [0.05, 0.1) is 6.54 Å². The van der Waals surface area contributed by atoms with Gasteiger partial charge >= 0.3 is 0 Å². The molecule has 1 heterocycles. The van der Waals surface area contributed by atoms with Crippen molar-refractivity contribution in [3.05, 3.63) is 0 Å². The van der Waals surface area contributed by atoms with E-state index < -0.39 is 0 Å². The van der Waals surface area contributed by atoms with E-state index in [1.54, 1.807) is 0 Å². The quantitative estimate of drug-likeness (QED) is 0.761. The normalized spacial score (nSPS) is 21.3. The van der Waals surface area contributed by atoms with E-state index in [1.807, 2.05) is 23.5 Å². The lowest BCUT2D eigenvalue weighted by Crippen LogP contribution is -2.42. The van der Waals surface area contributed by atoms with Crippen LogP contribution in [0.5, 0.6) is 0 Å². The minimum atomic E-state index is 0.296. The molecule has 0 amide bonds. The molecule has 106 valence electrons. The molecule has 0 bridgehead atoms. The third-order valence-corrected chi connectivity index (χ3v) is 7.22. The van der Waals surface area contributed by atoms with Crippen LogP contribution in [0, 0.1) is 0 Å². The average molecular weight is 289 g/mol. The Morgan fingerprint density at radius 3 is 2.28 bits per heavy atom. The zero-order chi connectivity index (χ0) is 13.6. The molecule has 0 aromatic heterocycles. The van der Waals surface area contributed by atoms with Gasteiger partial charge in [-0.3, -0.25) is 4.99 Å². The van der Waals surface area contributed by atoms with Crippen LogP contribution in [-0.2, 0) is 0 Å². The lowest BCUT2D eigenvalue weighted by Gasteiger charge is -2.28. The Balaban J connectivity index is 2.64. The Hall–Kier alpha value is 0.170. The summed E-state index contributed by atoms with van der Waals surface area (Å²) in [5.41, 5.74) is 0.296. The van der Waals surface area contributed by atoms with Crippen LogP contribution in [0.1, 0.15) is 53.4 Å². The summed E-state index contributed by atoms with van der Waals surface area (Å²) < 4.78 is 0.332. The highest BCUT2D eigenvalue weighted by atomic mass is 32.2. The van der Waals surface area contributed by atoms with Crippen LogP contribution in [0.25, 0.3) is 0 Å². The third-order valence-electron chi connectivity index (χ3n) is 4.44. The second kappa shape index (κ2) is 7.09. The Morgan fingerprint density at radius 1 is 1.28 bits per heavy atom. The van der Waals surface area contributed by atoms with Crippen molar-refractivity contribution in [2.75, 3.05) is 18.6 Å². The van der Waals surface area contributed by atoms with Gasteiger partial charge in [0.2, 0.25) is 0 Å². The van der Waals surface area contributed by atoms with Crippen LogP contribution in [0.4, 0.5) is 0 Å². The number of hydrogen-bond acceptors (Lipinski definition) is 3. The van der Waals surface area contributed by atoms with Crippen molar-refractivity contribution in [1.82, 2.24) is 5.32 Å². The number of amidine groups is 1. The van der Waals surface area contributed by atoms with E-state index in [4.69, 9.17) is 4.99 Å². The van der Waals surface area contributed by atoms with Crippen LogP contribution < -0.4 is 5.32 Å². The van der Waals surface area contributed by atoms with Crippen molar-refractivity contribution in [2.45, 2.75) is 63.7 Å². The van der Waals surface area contributed by atoms with Gasteiger partial charge in [0.25, 0.3) is 0 Å². The summed E-state index contributed by atoms with van der Waals surface area (Å²) in [6.45, 7) is 10.0. The third kappa shape index (κ3) is 3.60. The second-order valence-corrected chi connectivity index (χ2v) is 7.36. The van der Waals surface area contributed by atoms with Gasteiger partial charge in [-0.05, 0) is 31.9 Å². The molecule has 1 aliphatic heterocycles. The van der Waals surface area contributed by atoms with Crippen LogP contribution in [0.3, 0.4) is 0 Å². The lowest BCUT2D eigenvalue weighted by molar-refractivity contribution is 0.407. The van der Waals surface area contributed by atoms with E-state index >= 15 is 0 Å². The van der Waals surface area contributed by atoms with Crippen LogP contribution in [0.2, 0.25) is 0 Å². The molecule has 0 unspecified atom stereocenters. The second-order valence-electron chi connectivity index (χ2n) is 5.12. The van der Waals surface area contributed by atoms with E-state index in [-0.39, 0.29) is 0 Å². The molecular weight excluding hydrogens is 260 g/mol. The summed E-state index contributed by atoms with van der Waals surface area (Å²) in [5, 5.41) is 4.82. The largest absolute Gasteiger partial charge is 0.359 e. The standard InChI is InChI=1S/C14H28N2S2/c1-6-13(7-2)11-18-12(16-13)15-10-14(8-3,9-4)17-5/h6-11H2,1-5H3,(H,15,16). The lowest BCUT2D eigenvalue weighted by atomic mass is 9.96. The highest BCUT2D eigenvalue weighted by molar-refractivity contribution is 8.14. The van der Waals surface area contributed by atoms with Crippen molar-refractivity contribution < 1.29 is 0 Å². The molecule has 18 heavy (non-hydrogen) atoms. The highest BCUT2D eigenvalue weighted by Gasteiger charge is 2.34. The number of hydrogen-bond donors (Lipinski definition) is 1. The molecule has 1 N–H and O–H groups in total. The molecule has 0 atom stereocenters. The molecule has 1 aliphatic rings. The maximum Gasteiger partial charge on any atom is 0.157 e. The summed E-state index contributed by atoms with van der Waals surface area (Å²) in [7, 11) is 0. The Bertz CT molecular complexity index is 273. The predicted molar refractivity (Wildman–Crippen MR) is 88.0 cm³/mol. The first kappa shape index (κ1) is 16.2. The fourth-order valence-corrected chi connectivity index (χ4v) is 4.37. The average Bonchev–Trinajstić information content (AvgIpc) is 2.85. The van der Waals surface area contributed by atoms with Crippen LogP contribution in [-0.4, -0.2) is 34.0 Å². The molecular formula is C14H28N2S2. The van der Waals surface area contributed by atoms with E-state index in [0.717, 1.165) is 6.54 Å². The molecule has 1 saturated heterocycles. The summed E-state index contributed by atoms with van der Waals surface area (Å²) >= 11 is 3.87. The Morgan fingerprint density at radius 2 is 1.89 bits per heavy atom. The maximum absolute atomic E-state index is 4.85. The molecule has 0 radical (unpaired) electrons. The monoisotopic (exact) mass is 288 g/mol. The first-order valence-corrected chi connectivity index (χ1v) is 9.31. The number of rotatable bonds is 7. The van der Waals surface area contributed by atoms with E-state index in [1.165, 1.54) is 36.6 Å². The SMILES string of the molecule is CCC1(CC)CSC(=NCC(CC)(CC)SC)N1. The molecule has 1 fully saturated rings. The van der Waals surface area contributed by atoms with Crippen molar-refractivity contribution in [3.8, 4) is 0 Å². The van der Waals surface area contributed by atoms with Gasteiger partial charge in [-0.15, -0.1) is 0 Å². The maximum atomic E-state index is 4.85. The van der Waals surface area contributed by atoms with Gasteiger partial charge < -0.3 is 5.32 Å². The van der Waals surface area contributed by atoms with Gasteiger partial charge in [0.1, 0.15) is 0 Å². The van der Waals surface area contributed by atoms with E-state index in [9.17, 15) is 0 Å². The van der Waals surface area contributed by atoms with Gasteiger partial charge in [-0.2, -0.15) is 11.8 Å². The number of nitrogens with one attached hydrogen (secondary N) is 1. The van der Waals surface area contributed by atoms with Gasteiger partial charge in [-0.1, -0.05) is 39.5 Å². The van der Waals surface area contributed by atoms with Crippen molar-refractivity contribution in [3.63, 3.8) is 0 Å². The first-order chi connectivity index (χ1) is 8.59. The molecule has 0 aromatic carbocycles. The zero-order valence-electron chi connectivity index (χ0n) is 12.5. The predicted octanol–water partition coefficient (Wildman–Crippen LogP) is 4.16. The van der Waals surface area contributed by atoms with E-state index in [2.05, 4.69) is 39.3 Å². The molecule has 4 heteroatoms. The number of thioether (sulfide) groups is 2. The van der Waals surface area contributed by atoms with Gasteiger partial charge in [0, 0.05) is 16.0 Å². The fraction of sp³-hybridized carbons (Fsp3) is 0.929. The topological polar surface area (TPSA) is 24.4 Å². The minimum Gasteiger partial charge on any atom is -0.359 e. The summed E-state index contributed by atoms with van der Waals surface area (Å²) in [5.74, 6) is 1.17. The van der Waals surface area contributed by atoms with Crippen LogP contribution in [0.15, 0.2) is 4.99 Å². The number of aliphatic imine (C=N–C) groups is 1. The van der Waals surface area contributed by atoms with Crippen molar-refractivity contribution >= 4 is 28.7 Å². The molecule has 0 aromatic rings. The molecule has 1 rings (SSSR count). The van der Waals surface area contributed by atoms with Gasteiger partial charge in [-0.25, -0.2) is 0 Å². The van der Waals surface area contributed by atoms with Crippen LogP contribution >= 0.6 is 23.5 Å². The summed E-state index contributed by atoms with van der Waals surface area (Å²) in [4.78, 5) is 4.85. The minimum absolute atomic E-state index is 0.296. The zero-order valence-corrected chi connectivity index (χ0v) is 14.1. The Kier molecular flexibility index (Phi) is 6.39. The fourth-order valence-electron chi connectivity index (χ4n) is 2.26. The van der Waals surface area contributed by atoms with Crippen molar-refractivity contribution in [1.29, 1.82) is 0 Å². The number of nitrogens with zero attached hydrogens (tertiary/aromatic N) is 1. The summed E-state index contributed by atoms with van der Waals surface area (Å²) in [6, 6.07) is 0.